The molecule has 0 spiro atoms. The van der Waals surface area contributed by atoms with Gasteiger partial charge in [0.1, 0.15) is 0 Å². The molecule has 0 aromatic carbocycles. The predicted octanol–water partition coefficient (Wildman–Crippen LogP) is 1.21. The molecule has 0 aromatic heterocycles. The van der Waals surface area contributed by atoms with Crippen LogP contribution in [0.3, 0.4) is 0 Å². The lowest BCUT2D eigenvalue weighted by molar-refractivity contribution is -0.138. The maximum Gasteiger partial charge on any atom is 0.163 e. The second-order valence-corrected chi connectivity index (χ2v) is 5.91. The summed E-state index contributed by atoms with van der Waals surface area (Å²) in [6.45, 7) is 9.06. The Hall–Kier alpha value is -0.160. The van der Waals surface area contributed by atoms with E-state index < -0.39 is 5.79 Å². The smallest absolute Gasteiger partial charge is 0.163 e. The number of nitrogens with zero attached hydrogens (tertiary/aromatic N) is 1. The van der Waals surface area contributed by atoms with Gasteiger partial charge in [0, 0.05) is 18.6 Å². The van der Waals surface area contributed by atoms with E-state index in [9.17, 15) is 0 Å². The summed E-state index contributed by atoms with van der Waals surface area (Å²) in [5.41, 5.74) is 0. The maximum absolute atomic E-state index is 5.79. The fourth-order valence-corrected chi connectivity index (χ4v) is 2.64. The highest BCUT2D eigenvalue weighted by atomic mass is 16.7. The standard InChI is InChI=1S/C13H26N2O2/c1-10-7-11(5-6-15(10)4)14-8-12-9-16-13(2,3)17-12/h10-12,14H,5-9H2,1-4H3. The Morgan fingerprint density at radius 3 is 2.76 bits per heavy atom. The van der Waals surface area contributed by atoms with Crippen LogP contribution in [0.25, 0.3) is 0 Å². The summed E-state index contributed by atoms with van der Waals surface area (Å²) < 4.78 is 11.4. The van der Waals surface area contributed by atoms with Crippen molar-refractivity contribution in [1.29, 1.82) is 0 Å². The molecule has 2 fully saturated rings. The minimum atomic E-state index is -0.396. The second-order valence-electron chi connectivity index (χ2n) is 5.91. The summed E-state index contributed by atoms with van der Waals surface area (Å²) >= 11 is 0. The number of hydrogen-bond acceptors (Lipinski definition) is 4. The zero-order valence-corrected chi connectivity index (χ0v) is 11.5. The first-order valence-corrected chi connectivity index (χ1v) is 6.72. The van der Waals surface area contributed by atoms with Crippen molar-refractivity contribution in [2.75, 3.05) is 26.7 Å². The lowest BCUT2D eigenvalue weighted by Gasteiger charge is -2.35. The normalized spacial score (nSPS) is 38.5. The molecule has 0 aromatic rings. The van der Waals surface area contributed by atoms with Crippen molar-refractivity contribution in [2.45, 2.75) is 57.6 Å². The van der Waals surface area contributed by atoms with Crippen molar-refractivity contribution in [3.05, 3.63) is 0 Å². The molecule has 2 aliphatic rings. The largest absolute Gasteiger partial charge is 0.348 e. The monoisotopic (exact) mass is 242 g/mol. The van der Waals surface area contributed by atoms with Crippen LogP contribution < -0.4 is 5.32 Å². The highest BCUT2D eigenvalue weighted by Gasteiger charge is 2.33. The Labute approximate surface area is 105 Å². The Kier molecular flexibility index (Phi) is 4.08. The molecular formula is C13H26N2O2. The first-order valence-electron chi connectivity index (χ1n) is 6.72. The van der Waals surface area contributed by atoms with Crippen molar-refractivity contribution in [2.24, 2.45) is 0 Å². The molecule has 0 aliphatic carbocycles. The number of nitrogens with one attached hydrogen (secondary N) is 1. The van der Waals surface area contributed by atoms with Crippen molar-refractivity contribution in [3.63, 3.8) is 0 Å². The minimum Gasteiger partial charge on any atom is -0.348 e. The third-order valence-corrected chi connectivity index (χ3v) is 3.91. The van der Waals surface area contributed by atoms with Crippen LogP contribution in [-0.4, -0.2) is 55.6 Å². The Morgan fingerprint density at radius 2 is 2.18 bits per heavy atom. The number of ether oxygens (including phenoxy) is 2. The molecule has 3 unspecified atom stereocenters. The van der Waals surface area contributed by atoms with Gasteiger partial charge in [-0.25, -0.2) is 0 Å². The van der Waals surface area contributed by atoms with Gasteiger partial charge in [-0.1, -0.05) is 0 Å². The molecule has 0 bridgehead atoms. The van der Waals surface area contributed by atoms with Gasteiger partial charge in [-0.3, -0.25) is 0 Å². The molecule has 2 aliphatic heterocycles. The second kappa shape index (κ2) is 5.22. The molecule has 100 valence electrons. The Morgan fingerprint density at radius 1 is 1.41 bits per heavy atom. The molecule has 0 amide bonds. The van der Waals surface area contributed by atoms with E-state index >= 15 is 0 Å². The van der Waals surface area contributed by atoms with E-state index in [0.717, 1.165) is 6.54 Å². The van der Waals surface area contributed by atoms with Crippen LogP contribution in [0.2, 0.25) is 0 Å². The van der Waals surface area contributed by atoms with Crippen LogP contribution in [0, 0.1) is 0 Å². The van der Waals surface area contributed by atoms with Gasteiger partial charge in [-0.15, -0.1) is 0 Å². The minimum absolute atomic E-state index is 0.208. The Bertz CT molecular complexity index is 258. The zero-order valence-electron chi connectivity index (χ0n) is 11.5. The molecule has 0 radical (unpaired) electrons. The van der Waals surface area contributed by atoms with E-state index in [4.69, 9.17) is 9.47 Å². The summed E-state index contributed by atoms with van der Waals surface area (Å²) in [5, 5.41) is 3.62. The van der Waals surface area contributed by atoms with E-state index in [0.29, 0.717) is 18.7 Å². The third kappa shape index (κ3) is 3.65. The van der Waals surface area contributed by atoms with Gasteiger partial charge < -0.3 is 19.7 Å². The fraction of sp³-hybridized carbons (Fsp3) is 1.00. The summed E-state index contributed by atoms with van der Waals surface area (Å²) in [7, 11) is 2.21. The quantitative estimate of drug-likeness (QED) is 0.806. The van der Waals surface area contributed by atoms with Gasteiger partial charge in [-0.05, 0) is 47.2 Å². The summed E-state index contributed by atoms with van der Waals surface area (Å²) in [4.78, 5) is 2.43. The van der Waals surface area contributed by atoms with E-state index in [-0.39, 0.29) is 6.10 Å². The molecule has 17 heavy (non-hydrogen) atoms. The SMILES string of the molecule is CC1CC(NCC2COC(C)(C)O2)CCN1C. The predicted molar refractivity (Wildman–Crippen MR) is 68.0 cm³/mol. The number of likely N-dealkylation sites (tertiary alicyclic amines) is 1. The van der Waals surface area contributed by atoms with Crippen molar-refractivity contribution in [3.8, 4) is 0 Å². The van der Waals surface area contributed by atoms with Gasteiger partial charge in [0.15, 0.2) is 5.79 Å². The van der Waals surface area contributed by atoms with Gasteiger partial charge in [-0.2, -0.15) is 0 Å². The van der Waals surface area contributed by atoms with E-state index in [2.05, 4.69) is 24.2 Å². The lowest BCUT2D eigenvalue weighted by Crippen LogP contribution is -2.47. The van der Waals surface area contributed by atoms with Gasteiger partial charge >= 0.3 is 0 Å². The number of rotatable bonds is 3. The molecule has 1 N–H and O–H groups in total. The van der Waals surface area contributed by atoms with Crippen LogP contribution in [0.5, 0.6) is 0 Å². The number of piperidine rings is 1. The van der Waals surface area contributed by atoms with Crippen LogP contribution in [-0.2, 0) is 9.47 Å². The van der Waals surface area contributed by atoms with Crippen molar-refractivity contribution >= 4 is 0 Å². The highest BCUT2D eigenvalue weighted by molar-refractivity contribution is 4.83. The van der Waals surface area contributed by atoms with Crippen molar-refractivity contribution in [1.82, 2.24) is 10.2 Å². The van der Waals surface area contributed by atoms with Crippen LogP contribution >= 0.6 is 0 Å². The number of hydrogen-bond donors (Lipinski definition) is 1. The molecule has 2 rings (SSSR count). The van der Waals surface area contributed by atoms with Crippen LogP contribution in [0.15, 0.2) is 0 Å². The van der Waals surface area contributed by atoms with E-state index in [1.165, 1.54) is 19.4 Å². The highest BCUT2D eigenvalue weighted by Crippen LogP contribution is 2.22. The molecule has 2 saturated heterocycles. The zero-order chi connectivity index (χ0) is 12.5. The van der Waals surface area contributed by atoms with E-state index in [1.807, 2.05) is 13.8 Å². The molecule has 2 heterocycles. The van der Waals surface area contributed by atoms with Gasteiger partial charge in [0.05, 0.1) is 12.7 Å². The summed E-state index contributed by atoms with van der Waals surface area (Å²) in [6.07, 6.45) is 2.67. The first-order chi connectivity index (χ1) is 7.96. The summed E-state index contributed by atoms with van der Waals surface area (Å²) in [6, 6.07) is 1.31. The third-order valence-electron chi connectivity index (χ3n) is 3.91. The molecule has 3 atom stereocenters. The van der Waals surface area contributed by atoms with Gasteiger partial charge in [0.2, 0.25) is 0 Å². The first kappa shape index (κ1) is 13.3. The molecular weight excluding hydrogens is 216 g/mol. The summed E-state index contributed by atoms with van der Waals surface area (Å²) in [5.74, 6) is -0.396. The average Bonchev–Trinajstić information content (AvgIpc) is 2.60. The fourth-order valence-electron chi connectivity index (χ4n) is 2.64. The van der Waals surface area contributed by atoms with E-state index in [1.54, 1.807) is 0 Å². The maximum atomic E-state index is 5.79. The lowest BCUT2D eigenvalue weighted by atomic mass is 9.99. The van der Waals surface area contributed by atoms with Crippen molar-refractivity contribution < 1.29 is 9.47 Å². The Balaban J connectivity index is 1.69. The van der Waals surface area contributed by atoms with Crippen LogP contribution in [0.1, 0.15) is 33.6 Å². The molecule has 4 heteroatoms. The molecule has 0 saturated carbocycles. The topological polar surface area (TPSA) is 33.7 Å². The van der Waals surface area contributed by atoms with Crippen LogP contribution in [0.4, 0.5) is 0 Å². The molecule has 4 nitrogen and oxygen atoms in total. The average molecular weight is 242 g/mol. The van der Waals surface area contributed by atoms with Gasteiger partial charge in [0.25, 0.3) is 0 Å².